The maximum Gasteiger partial charge on any atom is 0.294 e. The van der Waals surface area contributed by atoms with E-state index in [1.807, 2.05) is 30.3 Å². The van der Waals surface area contributed by atoms with Crippen molar-refractivity contribution in [2.45, 2.75) is 11.6 Å². The van der Waals surface area contributed by atoms with Crippen LogP contribution in [-0.4, -0.2) is 26.5 Å². The fourth-order valence-electron chi connectivity index (χ4n) is 2.28. The summed E-state index contributed by atoms with van der Waals surface area (Å²) in [6.07, 6.45) is 0.339. The Hall–Kier alpha value is -2.84. The lowest BCUT2D eigenvalue weighted by molar-refractivity contribution is -0.113. The number of hydrogen-bond donors (Lipinski definition) is 2. The molecule has 1 aromatic heterocycles. The van der Waals surface area contributed by atoms with Gasteiger partial charge in [0, 0.05) is 17.1 Å². The molecule has 0 aliphatic rings. The van der Waals surface area contributed by atoms with E-state index in [2.05, 4.69) is 15.5 Å². The molecule has 0 unspecified atom stereocenters. The molecule has 27 heavy (non-hydrogen) atoms. The van der Waals surface area contributed by atoms with Crippen LogP contribution in [0.25, 0.3) is 0 Å². The van der Waals surface area contributed by atoms with E-state index in [4.69, 9.17) is 17.4 Å². The molecule has 2 aromatic carbocycles. The highest BCUT2D eigenvalue weighted by molar-refractivity contribution is 7.99. The minimum atomic E-state index is -0.436. The van der Waals surface area contributed by atoms with Crippen LogP contribution in [-0.2, 0) is 11.2 Å². The molecule has 0 saturated carbocycles. The van der Waals surface area contributed by atoms with Crippen molar-refractivity contribution in [3.05, 3.63) is 81.2 Å². The van der Waals surface area contributed by atoms with Gasteiger partial charge in [0.05, 0.1) is 5.75 Å². The van der Waals surface area contributed by atoms with Crippen molar-refractivity contribution in [1.82, 2.24) is 14.9 Å². The number of halogens is 1. The largest absolute Gasteiger partial charge is 0.334 e. The predicted octanol–water partition coefficient (Wildman–Crippen LogP) is 2.33. The van der Waals surface area contributed by atoms with Gasteiger partial charge in [0.25, 0.3) is 5.56 Å². The summed E-state index contributed by atoms with van der Waals surface area (Å²) in [5.41, 5.74) is 1.37. The Labute approximate surface area is 164 Å². The molecule has 0 saturated heterocycles. The third-order valence-corrected chi connectivity index (χ3v) is 4.80. The zero-order chi connectivity index (χ0) is 19.2. The van der Waals surface area contributed by atoms with Gasteiger partial charge in [0.1, 0.15) is 5.69 Å². The second-order valence-corrected chi connectivity index (χ2v) is 6.99. The van der Waals surface area contributed by atoms with Crippen molar-refractivity contribution in [3.63, 3.8) is 0 Å². The first kappa shape index (κ1) is 18.9. The molecule has 3 N–H and O–H groups in total. The lowest BCUT2D eigenvalue weighted by Gasteiger charge is -2.08. The lowest BCUT2D eigenvalue weighted by atomic mass is 10.1. The summed E-state index contributed by atoms with van der Waals surface area (Å²) in [5, 5.41) is 11.4. The third-order valence-electron chi connectivity index (χ3n) is 3.60. The van der Waals surface area contributed by atoms with Gasteiger partial charge in [-0.05, 0) is 29.8 Å². The second kappa shape index (κ2) is 8.70. The number of aromatic nitrogens is 3. The standard InChI is InChI=1S/C18H16ClN5O2S/c19-13-6-8-14(9-7-13)21-16(25)11-27-18-23-22-15(17(26)24(18)20)10-12-4-2-1-3-5-12/h1-9H,10-11,20H2,(H,21,25). The fraction of sp³-hybridized carbons (Fsp3) is 0.111. The quantitative estimate of drug-likeness (QED) is 0.485. The SMILES string of the molecule is Nn1c(SCC(=O)Nc2ccc(Cl)cc2)nnc(Cc2ccccc2)c1=O. The molecule has 0 aliphatic heterocycles. The highest BCUT2D eigenvalue weighted by Gasteiger charge is 2.13. The Kier molecular flexibility index (Phi) is 6.10. The van der Waals surface area contributed by atoms with Gasteiger partial charge in [-0.3, -0.25) is 9.59 Å². The molecule has 7 nitrogen and oxygen atoms in total. The molecule has 0 atom stereocenters. The molecule has 0 radical (unpaired) electrons. The zero-order valence-corrected chi connectivity index (χ0v) is 15.7. The number of nitrogens with one attached hydrogen (secondary N) is 1. The van der Waals surface area contributed by atoms with Gasteiger partial charge in [-0.1, -0.05) is 53.7 Å². The van der Waals surface area contributed by atoms with Crippen LogP contribution >= 0.6 is 23.4 Å². The molecule has 138 valence electrons. The van der Waals surface area contributed by atoms with E-state index >= 15 is 0 Å². The lowest BCUT2D eigenvalue weighted by Crippen LogP contribution is -2.34. The summed E-state index contributed by atoms with van der Waals surface area (Å²) >= 11 is 6.84. The van der Waals surface area contributed by atoms with Crippen molar-refractivity contribution in [2.24, 2.45) is 0 Å². The number of hydrogen-bond acceptors (Lipinski definition) is 6. The molecular weight excluding hydrogens is 386 g/mol. The van der Waals surface area contributed by atoms with Crippen LogP contribution in [0.4, 0.5) is 5.69 Å². The fourth-order valence-corrected chi connectivity index (χ4v) is 3.06. The number of nitrogens with two attached hydrogens (primary N) is 1. The van der Waals surface area contributed by atoms with Gasteiger partial charge in [-0.15, -0.1) is 10.2 Å². The summed E-state index contributed by atoms with van der Waals surface area (Å²) in [6.45, 7) is 0. The van der Waals surface area contributed by atoms with Gasteiger partial charge in [0.2, 0.25) is 11.1 Å². The summed E-state index contributed by atoms with van der Waals surface area (Å²) in [6, 6.07) is 16.2. The number of rotatable bonds is 6. The van der Waals surface area contributed by atoms with Gasteiger partial charge >= 0.3 is 0 Å². The number of carbonyl (C=O) groups is 1. The topological polar surface area (TPSA) is 103 Å². The second-order valence-electron chi connectivity index (χ2n) is 5.61. The van der Waals surface area contributed by atoms with Gasteiger partial charge in [-0.2, -0.15) is 4.68 Å². The van der Waals surface area contributed by atoms with Gasteiger partial charge in [0.15, 0.2) is 0 Å². The molecule has 0 bridgehead atoms. The van der Waals surface area contributed by atoms with Gasteiger partial charge in [-0.25, -0.2) is 0 Å². The number of anilines is 1. The number of thioether (sulfide) groups is 1. The van der Waals surface area contributed by atoms with Crippen molar-refractivity contribution < 1.29 is 4.79 Å². The van der Waals surface area contributed by atoms with Crippen LogP contribution in [0.5, 0.6) is 0 Å². The zero-order valence-electron chi connectivity index (χ0n) is 14.1. The molecule has 3 aromatic rings. The van der Waals surface area contributed by atoms with Crippen LogP contribution in [0.1, 0.15) is 11.3 Å². The predicted molar refractivity (Wildman–Crippen MR) is 106 cm³/mol. The van der Waals surface area contributed by atoms with E-state index in [1.54, 1.807) is 24.3 Å². The van der Waals surface area contributed by atoms with Crippen LogP contribution in [0.3, 0.4) is 0 Å². The average Bonchev–Trinajstić information content (AvgIpc) is 2.67. The average molecular weight is 402 g/mol. The first-order chi connectivity index (χ1) is 13.0. The van der Waals surface area contributed by atoms with E-state index in [1.165, 1.54) is 0 Å². The van der Waals surface area contributed by atoms with Crippen LogP contribution in [0.15, 0.2) is 64.5 Å². The molecule has 0 spiro atoms. The maximum absolute atomic E-state index is 12.4. The number of nitrogen functional groups attached to an aromatic ring is 1. The van der Waals surface area contributed by atoms with Crippen molar-refractivity contribution in [2.75, 3.05) is 16.9 Å². The molecular formula is C18H16ClN5O2S. The molecule has 1 amide bonds. The summed E-state index contributed by atoms with van der Waals surface area (Å²) in [7, 11) is 0. The number of amides is 1. The van der Waals surface area contributed by atoms with E-state index in [-0.39, 0.29) is 22.5 Å². The minimum Gasteiger partial charge on any atom is -0.334 e. The van der Waals surface area contributed by atoms with Crippen LogP contribution < -0.4 is 16.7 Å². The number of benzene rings is 2. The van der Waals surface area contributed by atoms with Crippen molar-refractivity contribution in [1.29, 1.82) is 0 Å². The summed E-state index contributed by atoms with van der Waals surface area (Å²) in [4.78, 5) is 24.4. The Balaban J connectivity index is 1.63. The first-order valence-corrected chi connectivity index (χ1v) is 9.35. The van der Waals surface area contributed by atoms with E-state index in [0.29, 0.717) is 17.1 Å². The summed E-state index contributed by atoms with van der Waals surface area (Å²) < 4.78 is 0.922. The molecule has 0 fully saturated rings. The monoisotopic (exact) mass is 401 g/mol. The smallest absolute Gasteiger partial charge is 0.294 e. The maximum atomic E-state index is 12.4. The van der Waals surface area contributed by atoms with Gasteiger partial charge < -0.3 is 11.2 Å². The van der Waals surface area contributed by atoms with Crippen LogP contribution in [0, 0.1) is 0 Å². The Morgan fingerprint density at radius 1 is 1.11 bits per heavy atom. The first-order valence-electron chi connectivity index (χ1n) is 7.99. The number of nitrogens with zero attached hydrogens (tertiary/aromatic N) is 3. The van der Waals surface area contributed by atoms with Crippen LogP contribution in [0.2, 0.25) is 5.02 Å². The Bertz CT molecular complexity index is 993. The molecule has 9 heteroatoms. The summed E-state index contributed by atoms with van der Waals surface area (Å²) in [5.74, 6) is 5.60. The number of carbonyl (C=O) groups excluding carboxylic acids is 1. The normalized spacial score (nSPS) is 10.6. The highest BCUT2D eigenvalue weighted by atomic mass is 35.5. The molecule has 3 rings (SSSR count). The van der Waals surface area contributed by atoms with E-state index < -0.39 is 5.56 Å². The third kappa shape index (κ3) is 5.08. The highest BCUT2D eigenvalue weighted by Crippen LogP contribution is 2.16. The Morgan fingerprint density at radius 2 is 1.81 bits per heavy atom. The molecule has 1 heterocycles. The van der Waals surface area contributed by atoms with Crippen molar-refractivity contribution >= 4 is 35.0 Å². The Morgan fingerprint density at radius 3 is 2.52 bits per heavy atom. The van der Waals surface area contributed by atoms with E-state index in [9.17, 15) is 9.59 Å². The minimum absolute atomic E-state index is 0.0337. The van der Waals surface area contributed by atoms with Crippen molar-refractivity contribution in [3.8, 4) is 0 Å². The van der Waals surface area contributed by atoms with E-state index in [0.717, 1.165) is 22.0 Å². The molecule has 0 aliphatic carbocycles.